The predicted octanol–water partition coefficient (Wildman–Crippen LogP) is 2.07. The highest BCUT2D eigenvalue weighted by molar-refractivity contribution is 6.04. The molecule has 3 N–H and O–H groups in total. The smallest absolute Gasteiger partial charge is 0.339 e. The average molecular weight is 332 g/mol. The van der Waals surface area contributed by atoms with Gasteiger partial charge in [-0.25, -0.2) is 4.79 Å². The van der Waals surface area contributed by atoms with Crippen molar-refractivity contribution in [3.63, 3.8) is 0 Å². The molecule has 1 heterocycles. The largest absolute Gasteiger partial charge is 0.507 e. The molecule has 0 bridgehead atoms. The van der Waals surface area contributed by atoms with Crippen LogP contribution in [0.15, 0.2) is 27.4 Å². The lowest BCUT2D eigenvalue weighted by atomic mass is 10.1. The molecule has 3 rings (SSSR count). The molecule has 0 aliphatic rings. The Balaban J connectivity index is 2.60. The number of carbonyl (C=O) groups is 1. The van der Waals surface area contributed by atoms with Gasteiger partial charge in [0.05, 0.1) is 14.2 Å². The summed E-state index contributed by atoms with van der Waals surface area (Å²) >= 11 is 0. The fourth-order valence-corrected chi connectivity index (χ4v) is 2.49. The first-order valence-corrected chi connectivity index (χ1v) is 6.69. The molecule has 8 nitrogen and oxygen atoms in total. The van der Waals surface area contributed by atoms with E-state index >= 15 is 0 Å². The maximum Gasteiger partial charge on any atom is 0.339 e. The Bertz CT molecular complexity index is 1050. The first-order valence-electron chi connectivity index (χ1n) is 6.69. The third-order valence-corrected chi connectivity index (χ3v) is 3.63. The zero-order chi connectivity index (χ0) is 17.6. The minimum atomic E-state index is -1.44. The minimum Gasteiger partial charge on any atom is -0.507 e. The maximum absolute atomic E-state index is 12.7. The van der Waals surface area contributed by atoms with Crippen molar-refractivity contribution in [3.05, 3.63) is 34.0 Å². The van der Waals surface area contributed by atoms with Crippen LogP contribution in [0.4, 0.5) is 0 Å². The van der Waals surface area contributed by atoms with Crippen LogP contribution in [0.5, 0.6) is 23.0 Å². The van der Waals surface area contributed by atoms with Gasteiger partial charge in [-0.1, -0.05) is 0 Å². The molecule has 0 spiro atoms. The molecular formula is C16H12O8. The number of ether oxygens (including phenoxy) is 2. The first kappa shape index (κ1) is 15.5. The van der Waals surface area contributed by atoms with Crippen molar-refractivity contribution in [1.82, 2.24) is 0 Å². The number of hydrogen-bond acceptors (Lipinski definition) is 7. The molecular weight excluding hydrogens is 320 g/mol. The Hall–Kier alpha value is -3.42. The van der Waals surface area contributed by atoms with Crippen LogP contribution in [0.2, 0.25) is 0 Å². The molecule has 2 aromatic carbocycles. The van der Waals surface area contributed by atoms with Crippen LogP contribution in [-0.2, 0) is 0 Å². The van der Waals surface area contributed by atoms with Gasteiger partial charge in [0, 0.05) is 18.2 Å². The number of hydrogen-bond donors (Lipinski definition) is 3. The average Bonchev–Trinajstić information content (AvgIpc) is 2.54. The summed E-state index contributed by atoms with van der Waals surface area (Å²) in [5.41, 5.74) is -1.43. The van der Waals surface area contributed by atoms with E-state index in [9.17, 15) is 19.8 Å². The zero-order valence-corrected chi connectivity index (χ0v) is 12.6. The number of aromatic hydroxyl groups is 2. The third-order valence-electron chi connectivity index (χ3n) is 3.63. The number of carboxylic acids is 1. The number of phenolic OH excluding ortho intramolecular Hbond substituents is 1. The van der Waals surface area contributed by atoms with E-state index in [4.69, 9.17) is 19.0 Å². The minimum absolute atomic E-state index is 0.00475. The second kappa shape index (κ2) is 5.34. The van der Waals surface area contributed by atoms with E-state index in [2.05, 4.69) is 0 Å². The number of methoxy groups -OCH3 is 2. The van der Waals surface area contributed by atoms with Gasteiger partial charge in [0.1, 0.15) is 39.2 Å². The third kappa shape index (κ3) is 2.08. The van der Waals surface area contributed by atoms with Gasteiger partial charge in [-0.3, -0.25) is 4.79 Å². The lowest BCUT2D eigenvalue weighted by Gasteiger charge is -2.11. The van der Waals surface area contributed by atoms with Crippen molar-refractivity contribution in [1.29, 1.82) is 0 Å². The molecule has 8 heteroatoms. The Morgan fingerprint density at radius 2 is 1.79 bits per heavy atom. The van der Waals surface area contributed by atoms with Crippen molar-refractivity contribution < 1.29 is 34.0 Å². The number of benzene rings is 2. The van der Waals surface area contributed by atoms with Crippen LogP contribution < -0.4 is 14.9 Å². The van der Waals surface area contributed by atoms with Crippen molar-refractivity contribution in [2.45, 2.75) is 0 Å². The predicted molar refractivity (Wildman–Crippen MR) is 83.4 cm³/mol. The number of phenols is 2. The van der Waals surface area contributed by atoms with Gasteiger partial charge in [0.25, 0.3) is 0 Å². The molecule has 0 saturated carbocycles. The highest BCUT2D eigenvalue weighted by atomic mass is 16.5. The van der Waals surface area contributed by atoms with Crippen LogP contribution in [0.25, 0.3) is 21.9 Å². The molecule has 1 aromatic heterocycles. The second-order valence-electron chi connectivity index (χ2n) is 4.94. The van der Waals surface area contributed by atoms with Crippen molar-refractivity contribution in [3.8, 4) is 23.0 Å². The topological polar surface area (TPSA) is 126 Å². The summed E-state index contributed by atoms with van der Waals surface area (Å²) < 4.78 is 15.6. The number of fused-ring (bicyclic) bond motifs is 2. The zero-order valence-electron chi connectivity index (χ0n) is 12.6. The van der Waals surface area contributed by atoms with E-state index < -0.39 is 28.5 Å². The van der Waals surface area contributed by atoms with Gasteiger partial charge >= 0.3 is 5.97 Å². The highest BCUT2D eigenvalue weighted by Crippen LogP contribution is 2.38. The van der Waals surface area contributed by atoms with E-state index in [1.54, 1.807) is 0 Å². The summed E-state index contributed by atoms with van der Waals surface area (Å²) in [6, 6.07) is 3.65. The Morgan fingerprint density at radius 1 is 1.08 bits per heavy atom. The van der Waals surface area contributed by atoms with Gasteiger partial charge in [-0.15, -0.1) is 0 Å². The van der Waals surface area contributed by atoms with Crippen LogP contribution in [0.1, 0.15) is 10.4 Å². The molecule has 0 saturated heterocycles. The summed E-state index contributed by atoms with van der Waals surface area (Å²) in [4.78, 5) is 23.9. The Morgan fingerprint density at radius 3 is 2.38 bits per heavy atom. The summed E-state index contributed by atoms with van der Waals surface area (Å²) in [5.74, 6) is -2.40. The SMILES string of the molecule is COc1cc(O)c2c(=O)c3c(O)c(C(=O)O)cc(OC)c3oc2c1. The van der Waals surface area contributed by atoms with Gasteiger partial charge in [-0.2, -0.15) is 0 Å². The lowest BCUT2D eigenvalue weighted by Crippen LogP contribution is -2.07. The molecule has 0 aliphatic carbocycles. The van der Waals surface area contributed by atoms with Crippen molar-refractivity contribution in [2.24, 2.45) is 0 Å². The summed E-state index contributed by atoms with van der Waals surface area (Å²) in [6.07, 6.45) is 0. The van der Waals surface area contributed by atoms with Gasteiger partial charge in [-0.05, 0) is 0 Å². The summed E-state index contributed by atoms with van der Waals surface area (Å²) in [7, 11) is 2.65. The fourth-order valence-electron chi connectivity index (χ4n) is 2.49. The van der Waals surface area contributed by atoms with Gasteiger partial charge in [0.2, 0.25) is 5.43 Å². The van der Waals surface area contributed by atoms with Crippen LogP contribution in [0, 0.1) is 0 Å². The molecule has 0 unspecified atom stereocenters. The van der Waals surface area contributed by atoms with E-state index in [0.717, 1.165) is 6.07 Å². The van der Waals surface area contributed by atoms with E-state index in [0.29, 0.717) is 0 Å². The first-order chi connectivity index (χ1) is 11.4. The van der Waals surface area contributed by atoms with E-state index in [1.807, 2.05) is 0 Å². The molecule has 0 amide bonds. The Kier molecular flexibility index (Phi) is 3.44. The molecule has 3 aromatic rings. The molecule has 0 aliphatic heterocycles. The lowest BCUT2D eigenvalue weighted by molar-refractivity contribution is 0.0693. The quantitative estimate of drug-likeness (QED) is 0.622. The highest BCUT2D eigenvalue weighted by Gasteiger charge is 2.24. The van der Waals surface area contributed by atoms with Crippen LogP contribution in [-0.4, -0.2) is 35.5 Å². The molecule has 124 valence electrons. The maximum atomic E-state index is 12.7. The number of carboxylic acid groups (broad SMARTS) is 1. The number of aromatic carboxylic acids is 1. The molecule has 24 heavy (non-hydrogen) atoms. The number of rotatable bonds is 3. The van der Waals surface area contributed by atoms with Crippen LogP contribution >= 0.6 is 0 Å². The van der Waals surface area contributed by atoms with Crippen LogP contribution in [0.3, 0.4) is 0 Å². The fraction of sp³-hybridized carbons (Fsp3) is 0.125. The van der Waals surface area contributed by atoms with E-state index in [-0.39, 0.29) is 33.4 Å². The van der Waals surface area contributed by atoms with E-state index in [1.165, 1.54) is 26.4 Å². The summed E-state index contributed by atoms with van der Waals surface area (Å²) in [6.45, 7) is 0. The monoisotopic (exact) mass is 332 g/mol. The second-order valence-corrected chi connectivity index (χ2v) is 4.94. The van der Waals surface area contributed by atoms with Crippen molar-refractivity contribution >= 4 is 27.9 Å². The normalized spacial score (nSPS) is 10.9. The molecule has 0 fully saturated rings. The summed E-state index contributed by atoms with van der Waals surface area (Å²) in [5, 5.41) is 28.8. The van der Waals surface area contributed by atoms with Crippen molar-refractivity contribution in [2.75, 3.05) is 14.2 Å². The van der Waals surface area contributed by atoms with Gasteiger partial charge in [0.15, 0.2) is 11.3 Å². The standard InChI is InChI=1S/C16H12O8/c1-22-6-3-8(17)11-9(4-6)24-15-10(23-2)5-7(16(20)21)13(18)12(15)14(11)19/h3-5,17-18H,1-2H3,(H,20,21). The Labute approximate surface area is 134 Å². The molecule has 0 radical (unpaired) electrons. The van der Waals surface area contributed by atoms with Gasteiger partial charge < -0.3 is 29.2 Å². The molecule has 0 atom stereocenters.